The molecule has 0 radical (unpaired) electrons. The average Bonchev–Trinajstić information content (AvgIpc) is 2.92. The van der Waals surface area contributed by atoms with Crippen LogP contribution in [0, 0.1) is 11.8 Å². The van der Waals surface area contributed by atoms with E-state index in [2.05, 4.69) is 59.8 Å². The van der Waals surface area contributed by atoms with E-state index < -0.39 is 0 Å². The van der Waals surface area contributed by atoms with Crippen molar-refractivity contribution in [3.8, 4) is 17.2 Å². The molecular weight excluding hydrogens is 500 g/mol. The number of allylic oxidation sites excluding steroid dienone is 1. The predicted octanol–water partition coefficient (Wildman–Crippen LogP) is 9.15. The Morgan fingerprint density at radius 1 is 0.650 bits per heavy atom. The molecule has 0 N–H and O–H groups in total. The molecule has 2 atom stereocenters. The van der Waals surface area contributed by atoms with Crippen LogP contribution in [-0.2, 0) is 9.47 Å². The Morgan fingerprint density at radius 2 is 1.15 bits per heavy atom. The molecular formula is C35H54O5. The number of hydrogen-bond acceptors (Lipinski definition) is 5. The smallest absolute Gasteiger partial charge is 0.130 e. The van der Waals surface area contributed by atoms with Crippen LogP contribution in [-0.4, -0.2) is 38.6 Å². The summed E-state index contributed by atoms with van der Waals surface area (Å²) in [6.07, 6.45) is 14.9. The third-order valence-electron chi connectivity index (χ3n) is 8.57. The molecule has 5 heteroatoms. The quantitative estimate of drug-likeness (QED) is 0.273. The highest BCUT2D eigenvalue weighted by atomic mass is 16.5. The molecule has 2 fully saturated rings. The van der Waals surface area contributed by atoms with E-state index in [1.807, 2.05) is 14.2 Å². The highest BCUT2D eigenvalue weighted by molar-refractivity contribution is 5.58. The van der Waals surface area contributed by atoms with Gasteiger partial charge in [-0.25, -0.2) is 0 Å². The van der Waals surface area contributed by atoms with Gasteiger partial charge in [-0.05, 0) is 84.6 Å². The van der Waals surface area contributed by atoms with E-state index in [0.717, 1.165) is 28.6 Å². The molecule has 0 spiro atoms. The lowest BCUT2D eigenvalue weighted by Gasteiger charge is -2.41. The van der Waals surface area contributed by atoms with Crippen molar-refractivity contribution in [3.05, 3.63) is 40.7 Å². The average molecular weight is 555 g/mol. The molecule has 0 bridgehead atoms. The number of hydrogen-bond donors (Lipinski definition) is 0. The molecule has 2 unspecified atom stereocenters. The summed E-state index contributed by atoms with van der Waals surface area (Å²) in [5.74, 6) is 4.43. The minimum atomic E-state index is -0.147. The van der Waals surface area contributed by atoms with Crippen LogP contribution in [0.2, 0.25) is 0 Å². The van der Waals surface area contributed by atoms with Gasteiger partial charge in [-0.3, -0.25) is 0 Å². The largest absolute Gasteiger partial charge is 0.496 e. The lowest BCUT2D eigenvalue weighted by Crippen LogP contribution is -2.34. The summed E-state index contributed by atoms with van der Waals surface area (Å²) in [4.78, 5) is 0. The molecule has 1 aromatic carbocycles. The summed E-state index contributed by atoms with van der Waals surface area (Å²) >= 11 is 0. The lowest BCUT2D eigenvalue weighted by atomic mass is 9.69. The second kappa shape index (κ2) is 14.2. The molecule has 40 heavy (non-hydrogen) atoms. The maximum Gasteiger partial charge on any atom is 0.130 e. The Labute approximate surface area is 243 Å². The first kappa shape index (κ1) is 30.8. The third-order valence-corrected chi connectivity index (χ3v) is 8.57. The number of ether oxygens (including phenoxy) is 5. The van der Waals surface area contributed by atoms with E-state index in [1.54, 1.807) is 0 Å². The van der Waals surface area contributed by atoms with Gasteiger partial charge < -0.3 is 23.7 Å². The fraction of sp³-hybridized carbons (Fsp3) is 0.714. The maximum atomic E-state index is 6.56. The summed E-state index contributed by atoms with van der Waals surface area (Å²) in [6, 6.07) is 4.11. The van der Waals surface area contributed by atoms with Crippen molar-refractivity contribution in [2.45, 2.75) is 136 Å². The van der Waals surface area contributed by atoms with Gasteiger partial charge in [0.25, 0.3) is 0 Å². The molecule has 3 aliphatic rings. The molecule has 0 aliphatic heterocycles. The van der Waals surface area contributed by atoms with Crippen molar-refractivity contribution in [1.82, 2.24) is 0 Å². The number of rotatable bonds is 11. The second-order valence-corrected chi connectivity index (χ2v) is 12.8. The normalized spacial score (nSPS) is 23.1. The second-order valence-electron chi connectivity index (χ2n) is 12.8. The highest BCUT2D eigenvalue weighted by Crippen LogP contribution is 2.52. The van der Waals surface area contributed by atoms with Crippen LogP contribution in [0.5, 0.6) is 17.2 Å². The van der Waals surface area contributed by atoms with Gasteiger partial charge in [0.05, 0.1) is 31.5 Å². The predicted molar refractivity (Wildman–Crippen MR) is 163 cm³/mol. The van der Waals surface area contributed by atoms with E-state index in [9.17, 15) is 0 Å². The summed E-state index contributed by atoms with van der Waals surface area (Å²) in [5, 5.41) is 0. The Bertz CT molecular complexity index is 993. The first-order chi connectivity index (χ1) is 19.2. The van der Waals surface area contributed by atoms with Gasteiger partial charge in [0.1, 0.15) is 23.0 Å². The zero-order chi connectivity index (χ0) is 28.8. The van der Waals surface area contributed by atoms with E-state index >= 15 is 0 Å². The van der Waals surface area contributed by atoms with Crippen LogP contribution in [0.4, 0.5) is 0 Å². The summed E-state index contributed by atoms with van der Waals surface area (Å²) in [5.41, 5.74) is 3.78. The van der Waals surface area contributed by atoms with Crippen LogP contribution in [0.1, 0.15) is 117 Å². The summed E-state index contributed by atoms with van der Waals surface area (Å²) in [7, 11) is 3.72. The monoisotopic (exact) mass is 554 g/mol. The Hall–Kier alpha value is -2.14. The Balaban J connectivity index is 1.94. The molecule has 224 valence electrons. The molecule has 4 rings (SSSR count). The minimum absolute atomic E-state index is 0.00854. The van der Waals surface area contributed by atoms with E-state index in [4.69, 9.17) is 23.7 Å². The molecule has 0 aromatic heterocycles. The van der Waals surface area contributed by atoms with E-state index in [1.165, 1.54) is 75.4 Å². The van der Waals surface area contributed by atoms with Crippen molar-refractivity contribution in [2.24, 2.45) is 11.8 Å². The van der Waals surface area contributed by atoms with Crippen molar-refractivity contribution in [1.29, 1.82) is 0 Å². The lowest BCUT2D eigenvalue weighted by molar-refractivity contribution is 0.0914. The summed E-state index contributed by atoms with van der Waals surface area (Å²) in [6.45, 7) is 12.4. The van der Waals surface area contributed by atoms with E-state index in [-0.39, 0.29) is 30.3 Å². The van der Waals surface area contributed by atoms with Gasteiger partial charge in [-0.2, -0.15) is 0 Å². The molecule has 0 heterocycles. The first-order valence-corrected chi connectivity index (χ1v) is 15.9. The molecule has 2 saturated carbocycles. The summed E-state index contributed by atoms with van der Waals surface area (Å²) < 4.78 is 32.1. The molecule has 0 saturated heterocycles. The van der Waals surface area contributed by atoms with Gasteiger partial charge in [-0.15, -0.1) is 0 Å². The minimum Gasteiger partial charge on any atom is -0.496 e. The van der Waals surface area contributed by atoms with E-state index in [0.29, 0.717) is 11.8 Å². The topological polar surface area (TPSA) is 46.2 Å². The Kier molecular flexibility index (Phi) is 10.9. The van der Waals surface area contributed by atoms with Gasteiger partial charge in [-0.1, -0.05) is 44.6 Å². The zero-order valence-electron chi connectivity index (χ0n) is 26.4. The first-order valence-electron chi connectivity index (χ1n) is 15.9. The van der Waals surface area contributed by atoms with Crippen LogP contribution >= 0.6 is 0 Å². The number of benzene rings is 1. The van der Waals surface area contributed by atoms with Crippen molar-refractivity contribution in [3.63, 3.8) is 0 Å². The van der Waals surface area contributed by atoms with Crippen molar-refractivity contribution >= 4 is 0 Å². The maximum absolute atomic E-state index is 6.56. The van der Waals surface area contributed by atoms with Crippen LogP contribution < -0.4 is 14.2 Å². The third kappa shape index (κ3) is 7.19. The molecule has 3 aliphatic carbocycles. The fourth-order valence-corrected chi connectivity index (χ4v) is 7.10. The van der Waals surface area contributed by atoms with Gasteiger partial charge in [0.2, 0.25) is 0 Å². The Morgan fingerprint density at radius 3 is 1.60 bits per heavy atom. The molecule has 1 aromatic rings. The highest BCUT2D eigenvalue weighted by Gasteiger charge is 2.42. The van der Waals surface area contributed by atoms with Crippen molar-refractivity contribution < 1.29 is 23.7 Å². The van der Waals surface area contributed by atoms with Gasteiger partial charge in [0, 0.05) is 36.3 Å². The van der Waals surface area contributed by atoms with Gasteiger partial charge in [0.15, 0.2) is 0 Å². The fourth-order valence-electron chi connectivity index (χ4n) is 7.10. The van der Waals surface area contributed by atoms with Crippen LogP contribution in [0.15, 0.2) is 35.1 Å². The standard InChI is InChI=1S/C35H54O5/c1-22(2)38-27-19-30(39-23(3)4)33(31(20-27)40-24(5)6)29-21-28(25-15-11-9-12-16-25)34(36-7)32(35(29)37-8)26-17-13-10-14-18-26/h19-26,29,35H,9-18H2,1-8H3. The van der Waals surface area contributed by atoms with Crippen molar-refractivity contribution in [2.75, 3.05) is 14.2 Å². The SMILES string of the molecule is COC1=C(C2CCCCC2)C(OC)C(c2c(OC(C)C)cc(OC(C)C)cc2OC(C)C)C=C1C1CCCCC1. The van der Waals surface area contributed by atoms with Crippen LogP contribution in [0.3, 0.4) is 0 Å². The van der Waals surface area contributed by atoms with Crippen LogP contribution in [0.25, 0.3) is 0 Å². The molecule has 5 nitrogen and oxygen atoms in total. The molecule has 0 amide bonds. The zero-order valence-corrected chi connectivity index (χ0v) is 26.4. The number of methoxy groups -OCH3 is 2. The van der Waals surface area contributed by atoms with Gasteiger partial charge >= 0.3 is 0 Å².